The molecule has 2 aliphatic heterocycles. The minimum Gasteiger partial charge on any atom is -0.385 e. The first-order valence-electron chi connectivity index (χ1n) is 5.77. The van der Waals surface area contributed by atoms with Crippen LogP contribution >= 0.6 is 0 Å². The van der Waals surface area contributed by atoms with E-state index in [2.05, 4.69) is 20.7 Å². The second kappa shape index (κ2) is 4.65. The highest BCUT2D eigenvalue weighted by Gasteiger charge is 2.30. The van der Waals surface area contributed by atoms with Crippen LogP contribution in [-0.4, -0.2) is 34.0 Å². The van der Waals surface area contributed by atoms with E-state index in [4.69, 9.17) is 10.7 Å². The molecule has 2 aliphatic rings. The van der Waals surface area contributed by atoms with E-state index >= 15 is 0 Å². The highest BCUT2D eigenvalue weighted by molar-refractivity contribution is 6.43. The molecule has 8 heteroatoms. The molecule has 19 heavy (non-hydrogen) atoms. The Morgan fingerprint density at radius 3 is 3.05 bits per heavy atom. The average Bonchev–Trinajstić information content (AvgIpc) is 2.93. The summed E-state index contributed by atoms with van der Waals surface area (Å²) in [4.78, 5) is 20.7. The summed E-state index contributed by atoms with van der Waals surface area (Å²) in [5, 5.41) is 8.96. The maximum Gasteiger partial charge on any atom is 0.352 e. The molecule has 1 aromatic heterocycles. The lowest BCUT2D eigenvalue weighted by atomic mass is 10.1. The quantitative estimate of drug-likeness (QED) is 0.583. The van der Waals surface area contributed by atoms with Crippen molar-refractivity contribution in [2.24, 2.45) is 16.1 Å². The first-order valence-corrected chi connectivity index (χ1v) is 5.77. The number of oxime groups is 1. The van der Waals surface area contributed by atoms with Gasteiger partial charge in [-0.2, -0.15) is 5.10 Å². The van der Waals surface area contributed by atoms with Gasteiger partial charge in [0.2, 0.25) is 0 Å². The van der Waals surface area contributed by atoms with Crippen molar-refractivity contribution in [3.63, 3.8) is 0 Å². The largest absolute Gasteiger partial charge is 0.385 e. The van der Waals surface area contributed by atoms with E-state index in [0.29, 0.717) is 17.8 Å². The second-order valence-electron chi connectivity index (χ2n) is 4.19. The number of nitrogens with zero attached hydrogens (tertiary/aromatic N) is 4. The van der Waals surface area contributed by atoms with Crippen LogP contribution in [0.4, 0.5) is 4.79 Å². The average molecular weight is 260 g/mol. The maximum atomic E-state index is 11.1. The summed E-state index contributed by atoms with van der Waals surface area (Å²) in [6, 6.07) is 5.17. The Labute approximate surface area is 108 Å². The molecule has 0 fully saturated rings. The second-order valence-corrected chi connectivity index (χ2v) is 4.19. The molecule has 3 N–H and O–H groups in total. The molecular weight excluding hydrogens is 248 g/mol. The Balaban J connectivity index is 1.71. The van der Waals surface area contributed by atoms with Crippen molar-refractivity contribution in [3.8, 4) is 0 Å². The SMILES string of the molecule is NN1CC(C2=NOC(c3ccccn3)C2)=NNC1=O. The number of rotatable bonds is 2. The number of hydrazine groups is 1. The van der Waals surface area contributed by atoms with Crippen molar-refractivity contribution in [2.45, 2.75) is 12.5 Å². The molecule has 8 nitrogen and oxygen atoms in total. The topological polar surface area (TPSA) is 105 Å². The van der Waals surface area contributed by atoms with Crippen LogP contribution < -0.4 is 11.3 Å². The third-order valence-corrected chi connectivity index (χ3v) is 2.89. The van der Waals surface area contributed by atoms with Crippen LogP contribution in [0.3, 0.4) is 0 Å². The van der Waals surface area contributed by atoms with Crippen LogP contribution in [0.1, 0.15) is 18.2 Å². The molecule has 0 saturated carbocycles. The van der Waals surface area contributed by atoms with Crippen molar-refractivity contribution < 1.29 is 9.63 Å². The molecule has 98 valence electrons. The van der Waals surface area contributed by atoms with Crippen molar-refractivity contribution >= 4 is 17.5 Å². The van der Waals surface area contributed by atoms with Gasteiger partial charge in [0.25, 0.3) is 0 Å². The van der Waals surface area contributed by atoms with Crippen LogP contribution in [0.25, 0.3) is 0 Å². The van der Waals surface area contributed by atoms with Crippen molar-refractivity contribution in [1.29, 1.82) is 0 Å². The molecule has 1 atom stereocenters. The molecule has 3 rings (SSSR count). The van der Waals surface area contributed by atoms with Gasteiger partial charge in [-0.15, -0.1) is 0 Å². The Kier molecular flexibility index (Phi) is 2.84. The lowest BCUT2D eigenvalue weighted by molar-refractivity contribution is 0.0826. The number of carbonyl (C=O) groups excluding carboxylic acids is 1. The summed E-state index contributed by atoms with van der Waals surface area (Å²) >= 11 is 0. The molecular formula is C11H12N6O2. The Morgan fingerprint density at radius 2 is 2.32 bits per heavy atom. The number of nitrogens with one attached hydrogen (secondary N) is 1. The van der Waals surface area contributed by atoms with Gasteiger partial charge in [-0.25, -0.2) is 16.1 Å². The molecule has 1 unspecified atom stereocenters. The summed E-state index contributed by atoms with van der Waals surface area (Å²) in [7, 11) is 0. The Bertz CT molecular complexity index is 556. The number of hydrogen-bond acceptors (Lipinski definition) is 6. The van der Waals surface area contributed by atoms with E-state index in [1.54, 1.807) is 6.20 Å². The van der Waals surface area contributed by atoms with Gasteiger partial charge in [0.1, 0.15) is 11.4 Å². The van der Waals surface area contributed by atoms with Gasteiger partial charge >= 0.3 is 6.03 Å². The molecule has 0 aliphatic carbocycles. The standard InChI is InChI=1S/C11H12N6O2/c12-17-6-9(14-15-11(17)18)8-5-10(19-16-8)7-3-1-2-4-13-7/h1-4,10H,5-6,12H2,(H,15,18). The maximum absolute atomic E-state index is 11.1. The summed E-state index contributed by atoms with van der Waals surface area (Å²) in [6.45, 7) is 0.211. The van der Waals surface area contributed by atoms with Gasteiger partial charge in [-0.3, -0.25) is 9.99 Å². The van der Waals surface area contributed by atoms with Gasteiger partial charge in [-0.1, -0.05) is 11.2 Å². The minimum absolute atomic E-state index is 0.211. The lowest BCUT2D eigenvalue weighted by Gasteiger charge is -2.21. The van der Waals surface area contributed by atoms with Gasteiger partial charge in [0.15, 0.2) is 6.10 Å². The number of pyridine rings is 1. The summed E-state index contributed by atoms with van der Waals surface area (Å²) in [5.74, 6) is 5.51. The summed E-state index contributed by atoms with van der Waals surface area (Å²) < 4.78 is 0. The molecule has 0 radical (unpaired) electrons. The molecule has 2 amide bonds. The minimum atomic E-state index is -0.440. The van der Waals surface area contributed by atoms with E-state index < -0.39 is 6.03 Å². The number of aromatic nitrogens is 1. The van der Waals surface area contributed by atoms with Crippen molar-refractivity contribution in [1.82, 2.24) is 15.4 Å². The fourth-order valence-corrected chi connectivity index (χ4v) is 1.88. The summed E-state index contributed by atoms with van der Waals surface area (Å²) in [5.41, 5.74) is 4.39. The highest BCUT2D eigenvalue weighted by Crippen LogP contribution is 2.26. The lowest BCUT2D eigenvalue weighted by Crippen LogP contribution is -2.51. The Morgan fingerprint density at radius 1 is 1.42 bits per heavy atom. The monoisotopic (exact) mass is 260 g/mol. The van der Waals surface area contributed by atoms with Gasteiger partial charge in [-0.05, 0) is 12.1 Å². The molecule has 1 aromatic rings. The normalized spacial score (nSPS) is 22.5. The van der Waals surface area contributed by atoms with Crippen LogP contribution in [0, 0.1) is 0 Å². The van der Waals surface area contributed by atoms with Gasteiger partial charge in [0.05, 0.1) is 12.2 Å². The number of nitrogens with two attached hydrogens (primary N) is 1. The zero-order valence-electron chi connectivity index (χ0n) is 9.98. The zero-order valence-corrected chi connectivity index (χ0v) is 9.98. The zero-order chi connectivity index (χ0) is 13.2. The van der Waals surface area contributed by atoms with E-state index in [0.717, 1.165) is 10.7 Å². The summed E-state index contributed by atoms with van der Waals surface area (Å²) in [6.07, 6.45) is 2.04. The predicted molar refractivity (Wildman–Crippen MR) is 67.0 cm³/mol. The molecule has 0 aromatic carbocycles. The molecule has 3 heterocycles. The molecule has 0 bridgehead atoms. The first kappa shape index (κ1) is 11.6. The third kappa shape index (κ3) is 2.25. The van der Waals surface area contributed by atoms with Crippen LogP contribution in [0.2, 0.25) is 0 Å². The number of carbonyl (C=O) groups is 1. The number of hydrazone groups is 1. The number of hydrogen-bond donors (Lipinski definition) is 2. The fourth-order valence-electron chi connectivity index (χ4n) is 1.88. The van der Waals surface area contributed by atoms with Crippen molar-refractivity contribution in [3.05, 3.63) is 30.1 Å². The van der Waals surface area contributed by atoms with E-state index in [1.807, 2.05) is 18.2 Å². The number of amides is 2. The van der Waals surface area contributed by atoms with Gasteiger partial charge in [0, 0.05) is 12.6 Å². The van der Waals surface area contributed by atoms with Crippen LogP contribution in [0.15, 0.2) is 34.7 Å². The molecule has 0 saturated heterocycles. The van der Waals surface area contributed by atoms with Crippen LogP contribution in [0.5, 0.6) is 0 Å². The molecule has 0 spiro atoms. The van der Waals surface area contributed by atoms with E-state index in [9.17, 15) is 4.79 Å². The van der Waals surface area contributed by atoms with Gasteiger partial charge < -0.3 is 4.84 Å². The fraction of sp³-hybridized carbons (Fsp3) is 0.273. The Hall–Kier alpha value is -2.48. The predicted octanol–water partition coefficient (Wildman–Crippen LogP) is 0.154. The smallest absolute Gasteiger partial charge is 0.352 e. The first-order chi connectivity index (χ1) is 9.24. The van der Waals surface area contributed by atoms with E-state index in [-0.39, 0.29) is 12.6 Å². The van der Waals surface area contributed by atoms with Crippen LogP contribution in [-0.2, 0) is 4.84 Å². The van der Waals surface area contributed by atoms with E-state index in [1.165, 1.54) is 0 Å². The van der Waals surface area contributed by atoms with Crippen molar-refractivity contribution in [2.75, 3.05) is 6.54 Å². The number of urea groups is 1. The third-order valence-electron chi connectivity index (χ3n) is 2.89. The highest BCUT2D eigenvalue weighted by atomic mass is 16.6.